The molecule has 2 bridgehead atoms. The fourth-order valence-corrected chi connectivity index (χ4v) is 23.0. The van der Waals surface area contributed by atoms with E-state index in [2.05, 4.69) is 26.8 Å². The van der Waals surface area contributed by atoms with Crippen LogP contribution in [-0.2, 0) is 63.1 Å². The van der Waals surface area contributed by atoms with Crippen molar-refractivity contribution in [2.45, 2.75) is 230 Å². The van der Waals surface area contributed by atoms with Gasteiger partial charge < -0.3 is 67.2 Å². The van der Waals surface area contributed by atoms with Gasteiger partial charge in [0.25, 0.3) is 0 Å². The average molecular weight is 1900 g/mol. The van der Waals surface area contributed by atoms with E-state index in [4.69, 9.17) is 62.5 Å². The van der Waals surface area contributed by atoms with E-state index in [9.17, 15) is 60.3 Å². The molecule has 18 rings (SSSR count). The van der Waals surface area contributed by atoms with Gasteiger partial charge in [-0.05, 0) is 231 Å². The lowest BCUT2D eigenvalue weighted by Gasteiger charge is -2.26. The van der Waals surface area contributed by atoms with Crippen LogP contribution in [0.4, 0.5) is 0 Å². The van der Waals surface area contributed by atoms with Gasteiger partial charge in [0.1, 0.15) is 64.4 Å². The fourth-order valence-electron chi connectivity index (χ4n) is 20.8. The zero-order chi connectivity index (χ0) is 96.3. The molecule has 6 aromatic rings. The number of ether oxygens (including phenoxy) is 10. The van der Waals surface area contributed by atoms with Gasteiger partial charge in [0.2, 0.25) is 61.3 Å². The minimum atomic E-state index is -3.77. The SMILES string of the molecule is CCOc1cc(O[C@@H]2C[C@H]3C(=O)C[C@]4(C(=O)NS(=O)(=O)C5CC5)C[C@H]4/C=C\CCCCN(C)C(=O)[C@@H]3C2)c2ccc(OC)c(C)c2n1.CCOc1cc(O[C@@H]2C[C@H]3C(=O)C[C@]4(C(=O)O)C[C@H]4/C=C\CCCCN(C)C(=O)[C@@H]3C2)c2ccc(OC)c(C)c2n1.CCOc1cc(O[C@H]2C[C@H]3C(=O)N(C)CCCC/C=C\[C@@H]4C[C@@]45N=C(OC5=O)[C@@H]3C2)c2ccc(OC)c(C)c2n1.NS(=O)(=O)C1CC1. The second-order valence-corrected chi connectivity index (χ2v) is 42.2. The molecular weight excluding hydrogens is 1770 g/mol. The second-order valence-electron chi connectivity index (χ2n) is 38.4. The number of hydrogen-bond acceptors (Lipinski definition) is 26. The Balaban J connectivity index is 0.000000149. The topological polar surface area (TPSA) is 416 Å². The van der Waals surface area contributed by atoms with Gasteiger partial charge >= 0.3 is 11.9 Å². The van der Waals surface area contributed by atoms with Crippen molar-refractivity contribution in [3.8, 4) is 52.1 Å². The Bertz CT molecular complexity index is 5920. The van der Waals surface area contributed by atoms with Gasteiger partial charge in [0.15, 0.2) is 11.4 Å². The molecular formula is C101H129N9O23S2. The molecule has 15 atom stereocenters. The van der Waals surface area contributed by atoms with Crippen LogP contribution in [0.3, 0.4) is 0 Å². The highest BCUT2D eigenvalue weighted by atomic mass is 32.2. The van der Waals surface area contributed by atoms with Crippen LogP contribution in [0.25, 0.3) is 32.7 Å². The molecule has 34 heteroatoms. The van der Waals surface area contributed by atoms with Crippen molar-refractivity contribution in [3.63, 3.8) is 0 Å². The first-order chi connectivity index (χ1) is 64.6. The molecule has 8 fully saturated rings. The number of benzene rings is 3. The summed E-state index contributed by atoms with van der Waals surface area (Å²) in [6.07, 6.45) is 25.3. The van der Waals surface area contributed by atoms with Crippen LogP contribution in [0.5, 0.6) is 52.1 Å². The van der Waals surface area contributed by atoms with Gasteiger partial charge in [-0.1, -0.05) is 36.5 Å². The van der Waals surface area contributed by atoms with Crippen molar-refractivity contribution in [2.75, 3.05) is 81.9 Å². The van der Waals surface area contributed by atoms with E-state index in [-0.39, 0.29) is 89.0 Å². The number of nitrogens with one attached hydrogen (secondary N) is 1. The van der Waals surface area contributed by atoms with E-state index >= 15 is 0 Å². The number of allylic oxidation sites excluding steroid dienone is 5. The number of aliphatic carboxylic acids is 1. The quantitative estimate of drug-likeness (QED) is 0.0472. The number of carboxylic acid groups (broad SMARTS) is 1. The number of pyridine rings is 3. The third-order valence-electron chi connectivity index (χ3n) is 29.2. The number of Topliss-reactive ketones (excluding diaryl/α,β-unsaturated/α-hetero) is 2. The van der Waals surface area contributed by atoms with E-state index < -0.39 is 89.4 Å². The van der Waals surface area contributed by atoms with Crippen molar-refractivity contribution < 1.29 is 108 Å². The fraction of sp³-hybridized carbons (Fsp3) is 0.584. The number of rotatable bonds is 20. The molecule has 12 aliphatic rings. The maximum absolute atomic E-state index is 14.2. The normalized spacial score (nSPS) is 29.2. The van der Waals surface area contributed by atoms with Gasteiger partial charge in [-0.3, -0.25) is 38.3 Å². The zero-order valence-electron chi connectivity index (χ0n) is 79.4. The molecule has 4 aliphatic heterocycles. The summed E-state index contributed by atoms with van der Waals surface area (Å²) in [4.78, 5) is 132. The number of methoxy groups -OCH3 is 3. The molecule has 1 spiro atoms. The van der Waals surface area contributed by atoms with Gasteiger partial charge in [0.05, 0.1) is 103 Å². The molecule has 0 saturated heterocycles. The number of nitrogens with zero attached hydrogens (tertiary/aromatic N) is 7. The Morgan fingerprint density at radius 3 is 1.20 bits per heavy atom. The molecule has 32 nitrogen and oxygen atoms in total. The summed E-state index contributed by atoms with van der Waals surface area (Å²) in [5.74, 6) is -0.206. The number of sulfonamides is 2. The number of aryl methyl sites for hydroxylation is 3. The number of aromatic nitrogens is 3. The van der Waals surface area contributed by atoms with Crippen molar-refractivity contribution in [3.05, 3.63) is 108 Å². The highest BCUT2D eigenvalue weighted by molar-refractivity contribution is 7.91. The summed E-state index contributed by atoms with van der Waals surface area (Å²) < 4.78 is 108. The first-order valence-corrected chi connectivity index (χ1v) is 51.0. The first-order valence-electron chi connectivity index (χ1n) is 47.9. The number of carbonyl (C=O) groups is 8. The van der Waals surface area contributed by atoms with Crippen LogP contribution in [0, 0.1) is 84.9 Å². The minimum absolute atomic E-state index is 0.0471. The van der Waals surface area contributed by atoms with Crippen molar-refractivity contribution in [1.29, 1.82) is 0 Å². The van der Waals surface area contributed by atoms with E-state index in [1.54, 1.807) is 57.4 Å². The van der Waals surface area contributed by atoms with Gasteiger partial charge in [-0.2, -0.15) is 0 Å². The molecule has 8 saturated carbocycles. The largest absolute Gasteiger partial charge is 0.496 e. The smallest absolute Gasteiger partial charge is 0.341 e. The van der Waals surface area contributed by atoms with Crippen LogP contribution >= 0.6 is 0 Å². The zero-order valence-corrected chi connectivity index (χ0v) is 81.0. The minimum Gasteiger partial charge on any atom is -0.496 e. The Morgan fingerprint density at radius 1 is 0.481 bits per heavy atom. The molecule has 728 valence electrons. The Kier molecular flexibility index (Phi) is 30.0. The summed E-state index contributed by atoms with van der Waals surface area (Å²) in [6.45, 7) is 14.7. The number of nitrogens with two attached hydrogens (primary N) is 1. The molecule has 4 amide bonds. The first kappa shape index (κ1) is 98.5. The van der Waals surface area contributed by atoms with Crippen LogP contribution in [0.2, 0.25) is 0 Å². The van der Waals surface area contributed by atoms with E-state index in [1.807, 2.05) is 120 Å². The van der Waals surface area contributed by atoms with Gasteiger partial charge in [-0.25, -0.2) is 46.7 Å². The lowest BCUT2D eigenvalue weighted by Crippen LogP contribution is -2.42. The molecule has 135 heavy (non-hydrogen) atoms. The van der Waals surface area contributed by atoms with Crippen molar-refractivity contribution >= 4 is 106 Å². The average Bonchev–Trinajstić information content (AvgIpc) is 1.55. The third kappa shape index (κ3) is 21.6. The van der Waals surface area contributed by atoms with Gasteiger partial charge in [-0.15, -0.1) is 0 Å². The van der Waals surface area contributed by atoms with Crippen LogP contribution < -0.4 is 52.5 Å². The highest BCUT2D eigenvalue weighted by Gasteiger charge is 2.67. The number of primary sulfonamides is 1. The second kappa shape index (κ2) is 41.1. The lowest BCUT2D eigenvalue weighted by molar-refractivity contribution is -0.147. The van der Waals surface area contributed by atoms with E-state index in [0.29, 0.717) is 173 Å². The Hall–Kier alpha value is -11.0. The molecule has 4 N–H and O–H groups in total. The number of fused-ring (bicyclic) bond motifs is 9. The summed E-state index contributed by atoms with van der Waals surface area (Å²) in [7, 11) is 3.37. The number of carboxylic acids is 1. The van der Waals surface area contributed by atoms with Gasteiger partial charge in [0, 0.05) is 122 Å². The van der Waals surface area contributed by atoms with Crippen LogP contribution in [0.1, 0.15) is 192 Å². The summed E-state index contributed by atoms with van der Waals surface area (Å²) in [6, 6.07) is 16.7. The Morgan fingerprint density at radius 2 is 0.837 bits per heavy atom. The molecule has 0 unspecified atom stereocenters. The number of ketones is 2. The number of esters is 1. The highest BCUT2D eigenvalue weighted by Crippen LogP contribution is 2.60. The molecule has 8 aliphatic carbocycles. The number of aliphatic imine (C=N–C) groups is 1. The maximum atomic E-state index is 14.2. The Labute approximate surface area is 789 Å². The number of hydrogen-bond donors (Lipinski definition) is 3. The monoisotopic (exact) mass is 1900 g/mol. The summed E-state index contributed by atoms with van der Waals surface area (Å²) in [5, 5.41) is 16.4. The predicted octanol–water partition coefficient (Wildman–Crippen LogP) is 13.5. The maximum Gasteiger partial charge on any atom is 0.341 e. The van der Waals surface area contributed by atoms with Crippen LogP contribution in [-0.4, -0.2) is 221 Å². The van der Waals surface area contributed by atoms with Crippen molar-refractivity contribution in [2.24, 2.45) is 74.2 Å². The van der Waals surface area contributed by atoms with E-state index in [0.717, 1.165) is 115 Å². The lowest BCUT2D eigenvalue weighted by atomic mass is 9.84. The van der Waals surface area contributed by atoms with Crippen molar-refractivity contribution in [1.82, 2.24) is 34.4 Å². The summed E-state index contributed by atoms with van der Waals surface area (Å²) in [5.41, 5.74) is 1.70. The van der Waals surface area contributed by atoms with E-state index in [1.165, 1.54) is 0 Å². The standard InChI is InChI=1S/C35H45N3O8S.C32H40N2O7.C31H37N3O6.C3H7NO2S/c1-5-45-31-18-30(25-13-14-29(44-4)21(2)32(25)36-31)46-23-16-26-27(17-23)33(40)38(3)15-9-7-6-8-10-22-19-35(22,20-28(26)39)34(41)37-47(42,43)24-11-12-24;1-5-40-28-16-27(22-11-12-26(39-4)19(2)29(22)33-28)41-21-14-23-24(15-21)30(36)34(3)13-9-7-6-8-10-20-17-32(20,31(37)38)18-25(23)35;1-5-38-26-16-25(21-11-12-24(37-4)18(2)27(21)32-26)39-20-14-22-23(15-20)29(35)34(3)13-9-7-6-8-10-19-17-31(19)30(36)40-28(22)33-31;4-7(5,6)3-1-2-3/h8,10,13-14,18,22-24,26-27H,5-7,9,11-12,15-17,19-20H2,1-4H3,(H,37,41);8,10-12,16,20-21,23-24H,5-7,9,13-15,17-18H2,1-4H3,(H,37,38);8,10-12,16,19-20,22-23H,5-7,9,13-15,17H2,1-4H3;3H,1-2H2,(H2,4,5,6)/b3*10-8-;/t22-,23-,26-,27-,35-;20-,21-,23-,24-,32-;19-,20-,22-,23-,31-;/m111./s1. The third-order valence-corrected chi connectivity index (χ3v) is 32.4. The summed E-state index contributed by atoms with van der Waals surface area (Å²) >= 11 is 0. The van der Waals surface area contributed by atoms with Crippen LogP contribution in [0.15, 0.2) is 96.0 Å². The number of carbonyl (C=O) groups excluding carboxylic acids is 7. The molecule has 7 heterocycles. The molecule has 3 aromatic carbocycles. The predicted molar refractivity (Wildman–Crippen MR) is 505 cm³/mol. The molecule has 0 radical (unpaired) electrons. The molecule has 3 aromatic heterocycles. The number of amides is 4.